The first kappa shape index (κ1) is 36.5. The van der Waals surface area contributed by atoms with Gasteiger partial charge in [0.25, 0.3) is 0 Å². The van der Waals surface area contributed by atoms with Crippen molar-refractivity contribution in [3.05, 3.63) is 47.6 Å². The van der Waals surface area contributed by atoms with Gasteiger partial charge in [-0.1, -0.05) is 119 Å². The summed E-state index contributed by atoms with van der Waals surface area (Å²) in [5, 5.41) is 0. The molecule has 230 valence electrons. The lowest BCUT2D eigenvalue weighted by atomic mass is 9.67. The molecule has 2 nitrogen and oxygen atoms in total. The third-order valence-corrected chi connectivity index (χ3v) is 9.07. The fourth-order valence-electron chi connectivity index (χ4n) is 6.20. The predicted octanol–water partition coefficient (Wildman–Crippen LogP) is 12.4. The van der Waals surface area contributed by atoms with E-state index in [2.05, 4.69) is 59.4 Å². The van der Waals surface area contributed by atoms with Crippen LogP contribution in [0.1, 0.15) is 169 Å². The number of carbonyl (C=O) groups is 1. The Kier molecular flexibility index (Phi) is 21.0. The van der Waals surface area contributed by atoms with E-state index in [0.717, 1.165) is 25.7 Å². The van der Waals surface area contributed by atoms with Crippen molar-refractivity contribution in [3.8, 4) is 0 Å². The molecule has 0 radical (unpaired) electrons. The van der Waals surface area contributed by atoms with Crippen LogP contribution in [0.3, 0.4) is 0 Å². The van der Waals surface area contributed by atoms with Gasteiger partial charge in [-0.2, -0.15) is 0 Å². The molecular weight excluding hydrogens is 488 g/mol. The van der Waals surface area contributed by atoms with E-state index in [1.54, 1.807) is 5.57 Å². The normalized spacial score (nSPS) is 17.5. The number of hydrogen-bond donors (Lipinski definition) is 0. The van der Waals surface area contributed by atoms with Crippen molar-refractivity contribution < 1.29 is 9.53 Å². The monoisotopic (exact) mass is 555 g/mol. The SMILES string of the molecule is C=CCCCCCCCCCCCCCCCC(=O)OCC=C(C)CCC=C(C)CCC1C(C)=CCCC1(C)C. The average Bonchev–Trinajstić information content (AvgIpc) is 2.90. The zero-order valence-corrected chi connectivity index (χ0v) is 27.5. The molecule has 1 rings (SSSR count). The summed E-state index contributed by atoms with van der Waals surface area (Å²) in [6.45, 7) is 15.8. The van der Waals surface area contributed by atoms with Gasteiger partial charge >= 0.3 is 5.97 Å². The van der Waals surface area contributed by atoms with Crippen LogP contribution in [0, 0.1) is 11.3 Å². The zero-order chi connectivity index (χ0) is 29.5. The van der Waals surface area contributed by atoms with Crippen LogP contribution in [-0.2, 0) is 9.53 Å². The number of esters is 1. The van der Waals surface area contributed by atoms with Crippen LogP contribution in [0.5, 0.6) is 0 Å². The fraction of sp³-hybridized carbons (Fsp3) is 0.763. The summed E-state index contributed by atoms with van der Waals surface area (Å²) in [5.74, 6) is 0.674. The Hall–Kier alpha value is -1.57. The third kappa shape index (κ3) is 18.7. The molecule has 1 atom stereocenters. The highest BCUT2D eigenvalue weighted by Gasteiger charge is 2.32. The van der Waals surface area contributed by atoms with Gasteiger partial charge < -0.3 is 4.74 Å². The number of carbonyl (C=O) groups excluding carboxylic acids is 1. The fourth-order valence-corrected chi connectivity index (χ4v) is 6.20. The van der Waals surface area contributed by atoms with Crippen LogP contribution in [0.15, 0.2) is 47.6 Å². The topological polar surface area (TPSA) is 26.3 Å². The van der Waals surface area contributed by atoms with E-state index in [-0.39, 0.29) is 5.97 Å². The molecule has 0 fully saturated rings. The summed E-state index contributed by atoms with van der Waals surface area (Å²) in [6, 6.07) is 0. The average molecular weight is 555 g/mol. The molecule has 2 heteroatoms. The minimum atomic E-state index is -0.0423. The molecule has 1 unspecified atom stereocenters. The first-order valence-electron chi connectivity index (χ1n) is 17.0. The van der Waals surface area contributed by atoms with Crippen LogP contribution in [0.2, 0.25) is 0 Å². The molecule has 0 aromatic rings. The van der Waals surface area contributed by atoms with E-state index in [9.17, 15) is 4.79 Å². The molecular formula is C38H66O2. The highest BCUT2D eigenvalue weighted by molar-refractivity contribution is 5.69. The highest BCUT2D eigenvalue weighted by Crippen LogP contribution is 2.43. The van der Waals surface area contributed by atoms with Crippen molar-refractivity contribution in [2.75, 3.05) is 6.61 Å². The van der Waals surface area contributed by atoms with Crippen LogP contribution < -0.4 is 0 Å². The Bertz CT molecular complexity index is 766. The number of hydrogen-bond acceptors (Lipinski definition) is 2. The molecule has 0 heterocycles. The lowest BCUT2D eigenvalue weighted by Gasteiger charge is -2.38. The summed E-state index contributed by atoms with van der Waals surface area (Å²) < 4.78 is 5.45. The minimum Gasteiger partial charge on any atom is -0.461 e. The molecule has 1 aliphatic rings. The molecule has 0 saturated heterocycles. The van der Waals surface area contributed by atoms with Crippen molar-refractivity contribution >= 4 is 5.97 Å². The van der Waals surface area contributed by atoms with Gasteiger partial charge in [0.15, 0.2) is 0 Å². The molecule has 0 amide bonds. The Morgan fingerprint density at radius 1 is 0.825 bits per heavy atom. The number of rotatable bonds is 24. The smallest absolute Gasteiger partial charge is 0.306 e. The van der Waals surface area contributed by atoms with E-state index in [0.29, 0.717) is 24.4 Å². The second-order valence-corrected chi connectivity index (χ2v) is 13.3. The molecule has 0 aromatic carbocycles. The Balaban J connectivity index is 1.99. The second kappa shape index (κ2) is 23.0. The number of ether oxygens (including phenoxy) is 1. The van der Waals surface area contributed by atoms with Crippen molar-refractivity contribution in [3.63, 3.8) is 0 Å². The first-order chi connectivity index (χ1) is 19.3. The maximum atomic E-state index is 12.1. The van der Waals surface area contributed by atoms with Gasteiger partial charge in [0.2, 0.25) is 0 Å². The molecule has 0 aromatic heterocycles. The zero-order valence-electron chi connectivity index (χ0n) is 27.5. The minimum absolute atomic E-state index is 0.0423. The van der Waals surface area contributed by atoms with Crippen molar-refractivity contribution in [1.29, 1.82) is 0 Å². The molecule has 0 bridgehead atoms. The van der Waals surface area contributed by atoms with Crippen molar-refractivity contribution in [1.82, 2.24) is 0 Å². The number of allylic oxidation sites excluding steroid dienone is 6. The van der Waals surface area contributed by atoms with E-state index in [1.807, 2.05) is 6.08 Å². The molecule has 0 spiro atoms. The van der Waals surface area contributed by atoms with Crippen molar-refractivity contribution in [2.24, 2.45) is 11.3 Å². The van der Waals surface area contributed by atoms with Crippen LogP contribution >= 0.6 is 0 Å². The molecule has 40 heavy (non-hydrogen) atoms. The van der Waals surface area contributed by atoms with Gasteiger partial charge in [-0.25, -0.2) is 0 Å². The predicted molar refractivity (Wildman–Crippen MR) is 177 cm³/mol. The Morgan fingerprint density at radius 2 is 1.38 bits per heavy atom. The summed E-state index contributed by atoms with van der Waals surface area (Å²) in [5.41, 5.74) is 4.84. The molecule has 0 N–H and O–H groups in total. The molecule has 0 aliphatic heterocycles. The Labute approximate surface area is 250 Å². The summed E-state index contributed by atoms with van der Waals surface area (Å²) >= 11 is 0. The van der Waals surface area contributed by atoms with Gasteiger partial charge in [0.05, 0.1) is 0 Å². The third-order valence-electron chi connectivity index (χ3n) is 9.07. The number of unbranched alkanes of at least 4 members (excludes halogenated alkanes) is 13. The van der Waals surface area contributed by atoms with Crippen LogP contribution in [-0.4, -0.2) is 12.6 Å². The quantitative estimate of drug-likeness (QED) is 0.0673. The summed E-state index contributed by atoms with van der Waals surface area (Å²) in [7, 11) is 0. The van der Waals surface area contributed by atoms with Gasteiger partial charge in [-0.05, 0) is 96.0 Å². The summed E-state index contributed by atoms with van der Waals surface area (Å²) in [6.07, 6.45) is 34.9. The Morgan fingerprint density at radius 3 is 1.95 bits per heavy atom. The lowest BCUT2D eigenvalue weighted by molar-refractivity contribution is -0.142. The summed E-state index contributed by atoms with van der Waals surface area (Å²) in [4.78, 5) is 12.1. The van der Waals surface area contributed by atoms with Gasteiger partial charge in [-0.3, -0.25) is 4.79 Å². The van der Waals surface area contributed by atoms with Gasteiger partial charge in [0.1, 0.15) is 6.61 Å². The standard InChI is InChI=1S/C38H66O2/c1-7-8-9-10-11-12-13-14-15-16-17-18-19-20-21-27-37(39)40-32-30-34(3)25-22-24-33(2)28-29-36-35(4)26-23-31-38(36,5)6/h7,24,26,30,36H,1,8-23,25,27-29,31-32H2,2-6H3. The maximum absolute atomic E-state index is 12.1. The largest absolute Gasteiger partial charge is 0.461 e. The van der Waals surface area contributed by atoms with E-state index >= 15 is 0 Å². The second-order valence-electron chi connectivity index (χ2n) is 13.3. The first-order valence-corrected chi connectivity index (χ1v) is 17.0. The van der Waals surface area contributed by atoms with Gasteiger partial charge in [-0.15, -0.1) is 6.58 Å². The van der Waals surface area contributed by atoms with E-state index in [1.165, 1.54) is 114 Å². The van der Waals surface area contributed by atoms with Crippen LogP contribution in [0.4, 0.5) is 0 Å². The van der Waals surface area contributed by atoms with Gasteiger partial charge in [0, 0.05) is 6.42 Å². The van der Waals surface area contributed by atoms with E-state index in [4.69, 9.17) is 4.74 Å². The molecule has 0 saturated carbocycles. The molecule has 1 aliphatic carbocycles. The lowest BCUT2D eigenvalue weighted by Crippen LogP contribution is -2.27. The highest BCUT2D eigenvalue weighted by atomic mass is 16.5. The van der Waals surface area contributed by atoms with E-state index < -0.39 is 0 Å². The maximum Gasteiger partial charge on any atom is 0.306 e. The van der Waals surface area contributed by atoms with Crippen LogP contribution in [0.25, 0.3) is 0 Å². The van der Waals surface area contributed by atoms with Crippen molar-refractivity contribution in [2.45, 2.75) is 169 Å².